The number of amides is 1. The molecule has 0 aliphatic heterocycles. The number of aliphatic imine (C=N–C) groups is 1. The number of hydrogen-bond acceptors (Lipinski definition) is 3. The van der Waals surface area contributed by atoms with Crippen LogP contribution in [0.5, 0.6) is 0 Å². The van der Waals surface area contributed by atoms with Crippen LogP contribution in [0.4, 0.5) is 0 Å². The number of aromatic amines is 1. The number of nitrogens with zero attached hydrogens (tertiary/aromatic N) is 2. The van der Waals surface area contributed by atoms with E-state index in [-0.39, 0.29) is 11.9 Å². The van der Waals surface area contributed by atoms with Gasteiger partial charge >= 0.3 is 0 Å². The van der Waals surface area contributed by atoms with Gasteiger partial charge in [0.2, 0.25) is 0 Å². The van der Waals surface area contributed by atoms with Gasteiger partial charge in [-0.05, 0) is 32.3 Å². The van der Waals surface area contributed by atoms with E-state index < -0.39 is 0 Å². The molecule has 21 heavy (non-hydrogen) atoms. The van der Waals surface area contributed by atoms with Crippen molar-refractivity contribution < 1.29 is 4.79 Å². The van der Waals surface area contributed by atoms with Crippen LogP contribution in [-0.4, -0.2) is 48.9 Å². The van der Waals surface area contributed by atoms with E-state index in [1.165, 1.54) is 0 Å². The SMILES string of the molecule is CN(C)CCN=C(N)NC(=O)c1cc2c(Cl)cccc2[nH]1. The maximum atomic E-state index is 12.1. The molecule has 0 bridgehead atoms. The van der Waals surface area contributed by atoms with Crippen molar-refractivity contribution in [2.24, 2.45) is 10.7 Å². The molecule has 0 fully saturated rings. The molecule has 1 aromatic heterocycles. The molecule has 0 aliphatic carbocycles. The third-order valence-corrected chi connectivity index (χ3v) is 3.26. The highest BCUT2D eigenvalue weighted by Gasteiger charge is 2.11. The molecule has 7 heteroatoms. The molecule has 1 amide bonds. The van der Waals surface area contributed by atoms with Gasteiger partial charge in [0.1, 0.15) is 5.69 Å². The molecule has 1 aromatic carbocycles. The summed E-state index contributed by atoms with van der Waals surface area (Å²) in [7, 11) is 3.89. The Bertz CT molecular complexity index is 677. The summed E-state index contributed by atoms with van der Waals surface area (Å²) in [5, 5.41) is 3.94. The number of guanidine groups is 1. The normalized spacial score (nSPS) is 12.1. The predicted octanol–water partition coefficient (Wildman–Crippen LogP) is 1.43. The van der Waals surface area contributed by atoms with E-state index in [2.05, 4.69) is 15.3 Å². The van der Waals surface area contributed by atoms with E-state index >= 15 is 0 Å². The molecule has 6 nitrogen and oxygen atoms in total. The van der Waals surface area contributed by atoms with Crippen LogP contribution in [0.15, 0.2) is 29.3 Å². The van der Waals surface area contributed by atoms with Crippen LogP contribution in [0, 0.1) is 0 Å². The number of benzene rings is 1. The van der Waals surface area contributed by atoms with Crippen molar-refractivity contribution in [2.45, 2.75) is 0 Å². The monoisotopic (exact) mass is 307 g/mol. The molecule has 2 rings (SSSR count). The fraction of sp³-hybridized carbons (Fsp3) is 0.286. The predicted molar refractivity (Wildman–Crippen MR) is 85.8 cm³/mol. The second-order valence-corrected chi connectivity index (χ2v) is 5.32. The van der Waals surface area contributed by atoms with E-state index in [9.17, 15) is 4.79 Å². The Morgan fingerprint density at radius 1 is 1.48 bits per heavy atom. The Kier molecular flexibility index (Phi) is 4.82. The standard InChI is InChI=1S/C14H18ClN5O/c1-20(2)7-6-17-14(16)19-13(21)12-8-9-10(15)4-3-5-11(9)18-12/h3-5,8,18H,6-7H2,1-2H3,(H3,16,17,19,21). The number of carbonyl (C=O) groups is 1. The zero-order valence-electron chi connectivity index (χ0n) is 12.0. The smallest absolute Gasteiger partial charge is 0.274 e. The summed E-state index contributed by atoms with van der Waals surface area (Å²) < 4.78 is 0. The number of carbonyl (C=O) groups excluding carboxylic acids is 1. The third kappa shape index (κ3) is 3.96. The first-order valence-corrected chi connectivity index (χ1v) is 6.88. The fourth-order valence-corrected chi connectivity index (χ4v) is 2.06. The Hall–Kier alpha value is -2.05. The molecule has 0 unspecified atom stereocenters. The van der Waals surface area contributed by atoms with Gasteiger partial charge in [-0.1, -0.05) is 17.7 Å². The molecule has 112 valence electrons. The first-order chi connectivity index (χ1) is 9.97. The van der Waals surface area contributed by atoms with Crippen LogP contribution in [0.2, 0.25) is 5.02 Å². The van der Waals surface area contributed by atoms with Crippen molar-refractivity contribution in [3.8, 4) is 0 Å². The second-order valence-electron chi connectivity index (χ2n) is 4.91. The van der Waals surface area contributed by atoms with Gasteiger partial charge in [-0.2, -0.15) is 0 Å². The number of fused-ring (bicyclic) bond motifs is 1. The number of likely N-dealkylation sites (N-methyl/N-ethyl adjacent to an activating group) is 1. The zero-order valence-corrected chi connectivity index (χ0v) is 12.7. The minimum atomic E-state index is -0.339. The van der Waals surface area contributed by atoms with Crippen LogP contribution >= 0.6 is 11.6 Å². The number of nitrogens with one attached hydrogen (secondary N) is 2. The highest BCUT2D eigenvalue weighted by molar-refractivity contribution is 6.35. The van der Waals surface area contributed by atoms with Gasteiger partial charge in [0.25, 0.3) is 5.91 Å². The summed E-state index contributed by atoms with van der Waals surface area (Å²) in [4.78, 5) is 21.1. The molecule has 0 radical (unpaired) electrons. The summed E-state index contributed by atoms with van der Waals surface area (Å²) >= 11 is 6.07. The first-order valence-electron chi connectivity index (χ1n) is 6.50. The lowest BCUT2D eigenvalue weighted by molar-refractivity contribution is 0.0972. The van der Waals surface area contributed by atoms with Gasteiger partial charge in [-0.3, -0.25) is 15.1 Å². The van der Waals surface area contributed by atoms with Gasteiger partial charge in [-0.15, -0.1) is 0 Å². The van der Waals surface area contributed by atoms with Gasteiger partial charge in [0, 0.05) is 22.5 Å². The van der Waals surface area contributed by atoms with Crippen LogP contribution in [0.1, 0.15) is 10.5 Å². The van der Waals surface area contributed by atoms with E-state index in [4.69, 9.17) is 17.3 Å². The lowest BCUT2D eigenvalue weighted by atomic mass is 10.2. The quantitative estimate of drug-likeness (QED) is 0.590. The van der Waals surface area contributed by atoms with E-state index in [0.29, 0.717) is 17.3 Å². The highest BCUT2D eigenvalue weighted by Crippen LogP contribution is 2.23. The maximum absolute atomic E-state index is 12.1. The van der Waals surface area contributed by atoms with Crippen LogP contribution in [-0.2, 0) is 0 Å². The molecule has 0 saturated heterocycles. The fourth-order valence-electron chi connectivity index (χ4n) is 1.83. The Morgan fingerprint density at radius 2 is 2.24 bits per heavy atom. The number of nitrogens with two attached hydrogens (primary N) is 1. The number of rotatable bonds is 4. The molecule has 0 spiro atoms. The van der Waals surface area contributed by atoms with Crippen LogP contribution in [0.3, 0.4) is 0 Å². The summed E-state index contributed by atoms with van der Waals surface area (Å²) in [6.07, 6.45) is 0. The summed E-state index contributed by atoms with van der Waals surface area (Å²) in [5.74, 6) is -0.236. The topological polar surface area (TPSA) is 86.5 Å². The first kappa shape index (κ1) is 15.3. The number of aromatic nitrogens is 1. The van der Waals surface area contributed by atoms with Crippen molar-refractivity contribution >= 4 is 34.4 Å². The zero-order chi connectivity index (χ0) is 15.4. The number of H-pyrrole nitrogens is 1. The van der Waals surface area contributed by atoms with E-state index in [1.54, 1.807) is 12.1 Å². The van der Waals surface area contributed by atoms with Crippen molar-refractivity contribution in [2.75, 3.05) is 27.2 Å². The molecule has 2 aromatic rings. The largest absolute Gasteiger partial charge is 0.370 e. The summed E-state index contributed by atoms with van der Waals surface area (Å²) in [6, 6.07) is 7.14. The van der Waals surface area contributed by atoms with Gasteiger partial charge < -0.3 is 15.6 Å². The lowest BCUT2D eigenvalue weighted by Gasteiger charge is -2.07. The molecular formula is C14H18ClN5O. The van der Waals surface area contributed by atoms with Crippen molar-refractivity contribution in [3.05, 3.63) is 35.0 Å². The molecule has 0 aliphatic rings. The summed E-state index contributed by atoms with van der Waals surface area (Å²) in [6.45, 7) is 1.29. The lowest BCUT2D eigenvalue weighted by Crippen LogP contribution is -2.37. The Balaban J connectivity index is 2.06. The number of hydrogen-bond donors (Lipinski definition) is 3. The van der Waals surface area contributed by atoms with E-state index in [1.807, 2.05) is 31.1 Å². The van der Waals surface area contributed by atoms with Crippen molar-refractivity contribution in [3.63, 3.8) is 0 Å². The Labute approximate surface area is 128 Å². The average molecular weight is 308 g/mol. The van der Waals surface area contributed by atoms with Gasteiger partial charge in [0.05, 0.1) is 6.54 Å². The maximum Gasteiger partial charge on any atom is 0.274 e. The van der Waals surface area contributed by atoms with Crippen molar-refractivity contribution in [1.82, 2.24) is 15.2 Å². The average Bonchev–Trinajstić information content (AvgIpc) is 2.83. The third-order valence-electron chi connectivity index (χ3n) is 2.93. The van der Waals surface area contributed by atoms with Gasteiger partial charge in [0.15, 0.2) is 5.96 Å². The van der Waals surface area contributed by atoms with E-state index in [0.717, 1.165) is 17.4 Å². The molecule has 1 heterocycles. The Morgan fingerprint density at radius 3 is 2.90 bits per heavy atom. The highest BCUT2D eigenvalue weighted by atomic mass is 35.5. The summed E-state index contributed by atoms with van der Waals surface area (Å²) in [5.41, 5.74) is 6.88. The molecular weight excluding hydrogens is 290 g/mol. The molecule has 0 atom stereocenters. The molecule has 4 N–H and O–H groups in total. The molecule has 0 saturated carbocycles. The number of halogens is 1. The van der Waals surface area contributed by atoms with Crippen LogP contribution < -0.4 is 11.1 Å². The van der Waals surface area contributed by atoms with Crippen LogP contribution in [0.25, 0.3) is 10.9 Å². The van der Waals surface area contributed by atoms with Gasteiger partial charge in [-0.25, -0.2) is 0 Å². The second kappa shape index (κ2) is 6.60. The van der Waals surface area contributed by atoms with Crippen molar-refractivity contribution in [1.29, 1.82) is 0 Å². The minimum absolute atomic E-state index is 0.103. The minimum Gasteiger partial charge on any atom is -0.370 e.